The molecule has 0 saturated carbocycles. The number of carbonyl (C=O) groups is 1. The van der Waals surface area contributed by atoms with Gasteiger partial charge in [0.05, 0.1) is 17.8 Å². The molecular formula is C15H12F3N3O. The van der Waals surface area contributed by atoms with E-state index >= 15 is 0 Å². The summed E-state index contributed by atoms with van der Waals surface area (Å²) in [6, 6.07) is 4.84. The molecule has 7 heteroatoms. The Morgan fingerprint density at radius 1 is 1.18 bits per heavy atom. The maximum Gasteiger partial charge on any atom is 0.416 e. The number of Topliss-reactive ketones (excluding diaryl/α,β-unsaturated/α-hetero) is 1. The number of hydrogen-bond acceptors (Lipinski definition) is 3. The van der Waals surface area contributed by atoms with Crippen LogP contribution in [0.5, 0.6) is 0 Å². The molecular weight excluding hydrogens is 295 g/mol. The fourth-order valence-corrected chi connectivity index (χ4v) is 2.43. The van der Waals surface area contributed by atoms with E-state index in [1.165, 1.54) is 16.8 Å². The van der Waals surface area contributed by atoms with Crippen molar-refractivity contribution in [1.82, 2.24) is 15.0 Å². The normalized spacial score (nSPS) is 15.0. The van der Waals surface area contributed by atoms with Crippen molar-refractivity contribution in [2.75, 3.05) is 0 Å². The lowest BCUT2D eigenvalue weighted by molar-refractivity contribution is -0.137. The van der Waals surface area contributed by atoms with Crippen molar-refractivity contribution in [2.45, 2.75) is 25.6 Å². The summed E-state index contributed by atoms with van der Waals surface area (Å²) < 4.78 is 39.1. The van der Waals surface area contributed by atoms with E-state index in [4.69, 9.17) is 0 Å². The van der Waals surface area contributed by atoms with E-state index < -0.39 is 11.7 Å². The van der Waals surface area contributed by atoms with Gasteiger partial charge in [-0.25, -0.2) is 4.68 Å². The van der Waals surface area contributed by atoms with Crippen molar-refractivity contribution in [3.05, 3.63) is 53.4 Å². The van der Waals surface area contributed by atoms with Gasteiger partial charge in [-0.1, -0.05) is 23.9 Å². The molecule has 1 aromatic carbocycles. The van der Waals surface area contributed by atoms with Crippen LogP contribution in [0.4, 0.5) is 13.2 Å². The van der Waals surface area contributed by atoms with E-state index in [0.29, 0.717) is 29.8 Å². The van der Waals surface area contributed by atoms with Gasteiger partial charge in [-0.3, -0.25) is 4.79 Å². The van der Waals surface area contributed by atoms with Crippen molar-refractivity contribution in [2.24, 2.45) is 0 Å². The zero-order valence-corrected chi connectivity index (χ0v) is 11.5. The first-order valence-corrected chi connectivity index (χ1v) is 6.67. The SMILES string of the molecule is C=C1CCC(=O)c2nnn(Cc3ccc(C(F)(F)F)cc3)c21. The number of benzene rings is 1. The van der Waals surface area contributed by atoms with E-state index in [1.54, 1.807) is 0 Å². The summed E-state index contributed by atoms with van der Waals surface area (Å²) in [6.45, 7) is 4.15. The van der Waals surface area contributed by atoms with Gasteiger partial charge in [-0.2, -0.15) is 13.2 Å². The molecule has 0 bridgehead atoms. The van der Waals surface area contributed by atoms with E-state index in [2.05, 4.69) is 16.9 Å². The molecule has 0 aliphatic heterocycles. The molecule has 22 heavy (non-hydrogen) atoms. The zero-order chi connectivity index (χ0) is 15.9. The molecule has 0 fully saturated rings. The smallest absolute Gasteiger partial charge is 0.292 e. The second-order valence-corrected chi connectivity index (χ2v) is 5.17. The average Bonchev–Trinajstić information content (AvgIpc) is 2.88. The number of ketones is 1. The molecule has 0 spiro atoms. The summed E-state index contributed by atoms with van der Waals surface area (Å²) in [4.78, 5) is 11.8. The Balaban J connectivity index is 1.88. The summed E-state index contributed by atoms with van der Waals surface area (Å²) in [5.74, 6) is -0.0823. The highest BCUT2D eigenvalue weighted by molar-refractivity contribution is 6.01. The third-order valence-electron chi connectivity index (χ3n) is 3.60. The maximum absolute atomic E-state index is 12.5. The lowest BCUT2D eigenvalue weighted by Crippen LogP contribution is -2.13. The monoisotopic (exact) mass is 307 g/mol. The van der Waals surface area contributed by atoms with E-state index in [9.17, 15) is 18.0 Å². The first-order valence-electron chi connectivity index (χ1n) is 6.67. The Hall–Kier alpha value is -2.44. The maximum atomic E-state index is 12.5. The summed E-state index contributed by atoms with van der Waals surface area (Å²) in [7, 11) is 0. The number of halogens is 3. The first-order chi connectivity index (χ1) is 10.4. The molecule has 0 unspecified atom stereocenters. The van der Waals surface area contributed by atoms with Gasteiger partial charge in [-0.05, 0) is 29.7 Å². The van der Waals surface area contributed by atoms with Crippen molar-refractivity contribution in [3.63, 3.8) is 0 Å². The molecule has 1 heterocycles. The third-order valence-corrected chi connectivity index (χ3v) is 3.60. The molecule has 0 N–H and O–H groups in total. The van der Waals surface area contributed by atoms with Crippen molar-refractivity contribution in [1.29, 1.82) is 0 Å². The van der Waals surface area contributed by atoms with Crippen LogP contribution in [-0.4, -0.2) is 20.8 Å². The minimum atomic E-state index is -4.36. The van der Waals surface area contributed by atoms with Crippen LogP contribution >= 0.6 is 0 Å². The molecule has 1 aromatic heterocycles. The van der Waals surface area contributed by atoms with Gasteiger partial charge < -0.3 is 0 Å². The summed E-state index contributed by atoms with van der Waals surface area (Å²) in [5, 5.41) is 7.79. The Labute approximate surface area is 124 Å². The molecule has 2 aromatic rings. The number of rotatable bonds is 2. The topological polar surface area (TPSA) is 47.8 Å². The lowest BCUT2D eigenvalue weighted by atomic mass is 9.95. The van der Waals surface area contributed by atoms with Gasteiger partial charge in [0.15, 0.2) is 11.5 Å². The standard InChI is InChI=1S/C15H12F3N3O/c1-9-2-7-12(22)13-14(9)21(20-19-13)8-10-3-5-11(6-4-10)15(16,17)18/h3-6H,1-2,7-8H2. The van der Waals surface area contributed by atoms with Crippen molar-refractivity contribution >= 4 is 11.4 Å². The minimum absolute atomic E-state index is 0.0823. The fraction of sp³-hybridized carbons (Fsp3) is 0.267. The molecule has 0 atom stereocenters. The predicted molar refractivity (Wildman–Crippen MR) is 73.2 cm³/mol. The first kappa shape index (κ1) is 14.5. The molecule has 0 radical (unpaired) electrons. The Kier molecular flexibility index (Phi) is 3.35. The van der Waals surface area contributed by atoms with Crippen LogP contribution in [0.25, 0.3) is 5.57 Å². The second-order valence-electron chi connectivity index (χ2n) is 5.17. The van der Waals surface area contributed by atoms with E-state index in [-0.39, 0.29) is 12.3 Å². The number of fused-ring (bicyclic) bond motifs is 1. The Morgan fingerprint density at radius 2 is 1.86 bits per heavy atom. The van der Waals surface area contributed by atoms with Gasteiger partial charge in [0.1, 0.15) is 0 Å². The van der Waals surface area contributed by atoms with Crippen LogP contribution in [0.3, 0.4) is 0 Å². The van der Waals surface area contributed by atoms with Crippen LogP contribution in [0.15, 0.2) is 30.8 Å². The Bertz CT molecular complexity index is 744. The highest BCUT2D eigenvalue weighted by Crippen LogP contribution is 2.30. The molecule has 3 rings (SSSR count). The largest absolute Gasteiger partial charge is 0.416 e. The van der Waals surface area contributed by atoms with Gasteiger partial charge >= 0.3 is 6.18 Å². The zero-order valence-electron chi connectivity index (χ0n) is 11.5. The van der Waals surface area contributed by atoms with Gasteiger partial charge in [0.25, 0.3) is 0 Å². The van der Waals surface area contributed by atoms with Crippen LogP contribution < -0.4 is 0 Å². The molecule has 4 nitrogen and oxygen atoms in total. The predicted octanol–water partition coefficient (Wildman–Crippen LogP) is 3.33. The van der Waals surface area contributed by atoms with Gasteiger partial charge in [0.2, 0.25) is 0 Å². The van der Waals surface area contributed by atoms with Crippen LogP contribution in [0.1, 0.15) is 40.2 Å². The van der Waals surface area contributed by atoms with Crippen LogP contribution in [-0.2, 0) is 12.7 Å². The summed E-state index contributed by atoms with van der Waals surface area (Å²) in [6.07, 6.45) is -3.44. The van der Waals surface area contributed by atoms with Gasteiger partial charge in [0, 0.05) is 6.42 Å². The number of allylic oxidation sites excluding steroid dienone is 1. The fourth-order valence-electron chi connectivity index (χ4n) is 2.43. The van der Waals surface area contributed by atoms with Crippen LogP contribution in [0.2, 0.25) is 0 Å². The number of carbonyl (C=O) groups excluding carboxylic acids is 1. The molecule has 1 aliphatic rings. The van der Waals surface area contributed by atoms with Crippen molar-refractivity contribution in [3.8, 4) is 0 Å². The second kappa shape index (κ2) is 5.08. The molecule has 0 saturated heterocycles. The number of hydrogen-bond donors (Lipinski definition) is 0. The number of aromatic nitrogens is 3. The van der Waals surface area contributed by atoms with Crippen LogP contribution in [0, 0.1) is 0 Å². The van der Waals surface area contributed by atoms with Gasteiger partial charge in [-0.15, -0.1) is 5.10 Å². The van der Waals surface area contributed by atoms with E-state index in [1.807, 2.05) is 0 Å². The molecule has 0 amide bonds. The summed E-state index contributed by atoms with van der Waals surface area (Å²) in [5.41, 5.74) is 1.59. The average molecular weight is 307 g/mol. The Morgan fingerprint density at radius 3 is 2.50 bits per heavy atom. The summed E-state index contributed by atoms with van der Waals surface area (Å²) >= 11 is 0. The van der Waals surface area contributed by atoms with E-state index in [0.717, 1.165) is 17.7 Å². The highest BCUT2D eigenvalue weighted by Gasteiger charge is 2.30. The molecule has 1 aliphatic carbocycles. The number of nitrogens with zero attached hydrogens (tertiary/aromatic N) is 3. The quantitative estimate of drug-likeness (QED) is 0.855. The highest BCUT2D eigenvalue weighted by atomic mass is 19.4. The molecule has 114 valence electrons. The minimum Gasteiger partial charge on any atom is -0.292 e. The number of alkyl halides is 3. The van der Waals surface area contributed by atoms with Crippen molar-refractivity contribution < 1.29 is 18.0 Å². The third kappa shape index (κ3) is 2.54. The lowest BCUT2D eigenvalue weighted by Gasteiger charge is -2.14.